The highest BCUT2D eigenvalue weighted by Crippen LogP contribution is 2.28. The van der Waals surface area contributed by atoms with Gasteiger partial charge in [-0.2, -0.15) is 0 Å². The number of carbonyl (C=O) groups excluding carboxylic acids is 4. The van der Waals surface area contributed by atoms with Crippen LogP contribution in [0.15, 0.2) is 42.1 Å². The van der Waals surface area contributed by atoms with Crippen molar-refractivity contribution >= 4 is 35.0 Å². The molecule has 1 aliphatic heterocycles. The number of hydrogen-bond donors (Lipinski definition) is 3. The molecule has 47 heavy (non-hydrogen) atoms. The van der Waals surface area contributed by atoms with Gasteiger partial charge in [0.05, 0.1) is 47.7 Å². The van der Waals surface area contributed by atoms with Gasteiger partial charge in [-0.1, -0.05) is 45.0 Å². The Morgan fingerprint density at radius 3 is 2.40 bits per heavy atom. The van der Waals surface area contributed by atoms with Crippen molar-refractivity contribution in [1.29, 1.82) is 0 Å². The fourth-order valence-corrected chi connectivity index (χ4v) is 5.71. The summed E-state index contributed by atoms with van der Waals surface area (Å²) in [6.07, 6.45) is 1.66. The number of benzene rings is 1. The predicted octanol–water partition coefficient (Wildman–Crippen LogP) is 3.51. The van der Waals surface area contributed by atoms with Gasteiger partial charge < -0.3 is 34.9 Å². The topological polar surface area (TPSA) is 156 Å². The number of amides is 3. The largest absolute Gasteiger partial charge is 0.499 e. The number of carbonyl (C=O) groups is 4. The minimum absolute atomic E-state index is 0.00149. The summed E-state index contributed by atoms with van der Waals surface area (Å²) >= 11 is 1.57. The number of rotatable bonds is 14. The van der Waals surface area contributed by atoms with Crippen molar-refractivity contribution in [1.82, 2.24) is 20.5 Å². The fourth-order valence-electron chi connectivity index (χ4n) is 4.89. The number of likely N-dealkylation sites (tertiary alicyclic amines) is 1. The van der Waals surface area contributed by atoms with Crippen LogP contribution in [0.5, 0.6) is 0 Å². The maximum absolute atomic E-state index is 13.8. The molecule has 3 amide bonds. The first kappa shape index (κ1) is 37.6. The van der Waals surface area contributed by atoms with E-state index >= 15 is 0 Å². The molecule has 1 saturated heterocycles. The molecule has 0 saturated carbocycles. The molecule has 258 valence electrons. The zero-order chi connectivity index (χ0) is 34.8. The number of aliphatic hydroxyl groups is 1. The van der Waals surface area contributed by atoms with Gasteiger partial charge in [-0.15, -0.1) is 11.3 Å². The third kappa shape index (κ3) is 12.1. The van der Waals surface area contributed by atoms with Gasteiger partial charge in [0.25, 0.3) is 0 Å². The molecule has 1 aliphatic rings. The highest BCUT2D eigenvalue weighted by molar-refractivity contribution is 7.13. The molecule has 1 fully saturated rings. The van der Waals surface area contributed by atoms with Gasteiger partial charge in [0, 0.05) is 25.9 Å². The summed E-state index contributed by atoms with van der Waals surface area (Å²) in [5.74, 6) is -1.70. The minimum Gasteiger partial charge on any atom is -0.499 e. The van der Waals surface area contributed by atoms with E-state index in [4.69, 9.17) is 14.2 Å². The van der Waals surface area contributed by atoms with E-state index < -0.39 is 41.1 Å². The molecular weight excluding hydrogens is 624 g/mol. The van der Waals surface area contributed by atoms with Crippen LogP contribution in [0.2, 0.25) is 0 Å². The van der Waals surface area contributed by atoms with Gasteiger partial charge in [-0.25, -0.2) is 9.78 Å². The Kier molecular flexibility index (Phi) is 13.5. The van der Waals surface area contributed by atoms with Crippen molar-refractivity contribution in [3.05, 3.63) is 53.4 Å². The van der Waals surface area contributed by atoms with Crippen LogP contribution < -0.4 is 10.6 Å². The molecule has 2 aromatic rings. The van der Waals surface area contributed by atoms with Crippen molar-refractivity contribution in [2.45, 2.75) is 91.6 Å². The molecule has 2 heterocycles. The van der Waals surface area contributed by atoms with E-state index in [0.717, 1.165) is 21.7 Å². The minimum atomic E-state index is -0.931. The first-order valence-corrected chi connectivity index (χ1v) is 16.6. The van der Waals surface area contributed by atoms with Crippen LogP contribution in [-0.4, -0.2) is 88.8 Å². The Labute approximate surface area is 280 Å². The molecule has 0 spiro atoms. The Bertz CT molecular complexity index is 1390. The van der Waals surface area contributed by atoms with Gasteiger partial charge in [0.2, 0.25) is 17.7 Å². The summed E-state index contributed by atoms with van der Waals surface area (Å²) in [4.78, 5) is 58.2. The van der Waals surface area contributed by atoms with E-state index in [1.165, 1.54) is 17.2 Å². The molecule has 0 radical (unpaired) electrons. The molecule has 3 rings (SSSR count). The summed E-state index contributed by atoms with van der Waals surface area (Å²) in [5, 5.41) is 16.1. The molecule has 0 bridgehead atoms. The summed E-state index contributed by atoms with van der Waals surface area (Å²) in [6, 6.07) is 6.04. The van der Waals surface area contributed by atoms with Crippen LogP contribution in [0.4, 0.5) is 0 Å². The number of esters is 1. The molecule has 12 nitrogen and oxygen atoms in total. The van der Waals surface area contributed by atoms with E-state index in [9.17, 15) is 24.3 Å². The van der Waals surface area contributed by atoms with Crippen molar-refractivity contribution in [3.63, 3.8) is 0 Å². The lowest BCUT2D eigenvalue weighted by molar-refractivity contribution is -0.148. The highest BCUT2D eigenvalue weighted by atomic mass is 32.1. The summed E-state index contributed by atoms with van der Waals surface area (Å²) in [5.41, 5.74) is 3.45. The van der Waals surface area contributed by atoms with E-state index in [2.05, 4.69) is 15.6 Å². The first-order chi connectivity index (χ1) is 22.0. The standard InChI is InChI=1S/C34H48N4O8S/c1-22-29(47-21-36-22)24-10-8-23(9-11-24)19-35-31(42)26-18-25(39)20-38(26)32(43)30(33(2,3)4)37-27(40)12-14-44-16-17-45-15-13-28(41)46-34(5,6)7/h8-11,13,15,21,25-26,30,39H,12,14,16-20H2,1-7H3,(H,35,42)(H,37,40)/t25-,26+,30-/m1/s1. The third-order valence-electron chi connectivity index (χ3n) is 7.24. The van der Waals surface area contributed by atoms with Crippen molar-refractivity contribution in [2.24, 2.45) is 5.41 Å². The molecule has 3 atom stereocenters. The zero-order valence-corrected chi connectivity index (χ0v) is 29.1. The number of aryl methyl sites for hydroxylation is 1. The van der Waals surface area contributed by atoms with Gasteiger partial charge in [-0.05, 0) is 44.2 Å². The Balaban J connectivity index is 1.48. The number of aliphatic hydroxyl groups excluding tert-OH is 1. The van der Waals surface area contributed by atoms with E-state index in [-0.39, 0.29) is 57.6 Å². The van der Waals surface area contributed by atoms with Crippen LogP contribution in [0.25, 0.3) is 10.4 Å². The second-order valence-electron chi connectivity index (χ2n) is 13.5. The van der Waals surface area contributed by atoms with Crippen LogP contribution >= 0.6 is 11.3 Å². The zero-order valence-electron chi connectivity index (χ0n) is 28.3. The second kappa shape index (κ2) is 16.8. The molecule has 3 N–H and O–H groups in total. The number of nitrogens with one attached hydrogen (secondary N) is 2. The Morgan fingerprint density at radius 1 is 1.09 bits per heavy atom. The smallest absolute Gasteiger partial charge is 0.334 e. The van der Waals surface area contributed by atoms with E-state index in [1.54, 1.807) is 32.1 Å². The van der Waals surface area contributed by atoms with Crippen LogP contribution in [0, 0.1) is 12.3 Å². The molecule has 1 aromatic carbocycles. The monoisotopic (exact) mass is 672 g/mol. The van der Waals surface area contributed by atoms with Gasteiger partial charge in [0.1, 0.15) is 24.3 Å². The van der Waals surface area contributed by atoms with Crippen LogP contribution in [0.3, 0.4) is 0 Å². The number of hydrogen-bond acceptors (Lipinski definition) is 10. The number of nitrogens with zero attached hydrogens (tertiary/aromatic N) is 2. The average Bonchev–Trinajstić information content (AvgIpc) is 3.59. The lowest BCUT2D eigenvalue weighted by Crippen LogP contribution is -2.57. The molecule has 0 unspecified atom stereocenters. The average molecular weight is 673 g/mol. The molecule has 13 heteroatoms. The number of thiazole rings is 1. The number of aromatic nitrogens is 1. The van der Waals surface area contributed by atoms with Crippen LogP contribution in [-0.2, 0) is 39.9 Å². The third-order valence-corrected chi connectivity index (χ3v) is 8.22. The predicted molar refractivity (Wildman–Crippen MR) is 178 cm³/mol. The number of β-amino-alcohol motifs (C(OH)–C–C–N with tert-alkyl or cyclic N) is 1. The molecule has 0 aliphatic carbocycles. The Hall–Kier alpha value is -3.81. The first-order valence-electron chi connectivity index (χ1n) is 15.7. The lowest BCUT2D eigenvalue weighted by atomic mass is 9.85. The summed E-state index contributed by atoms with van der Waals surface area (Å²) in [6.45, 7) is 13.5. The second-order valence-corrected chi connectivity index (χ2v) is 14.4. The van der Waals surface area contributed by atoms with Gasteiger partial charge >= 0.3 is 5.97 Å². The summed E-state index contributed by atoms with van der Waals surface area (Å²) < 4.78 is 15.8. The SMILES string of the molecule is Cc1ncsc1-c1ccc(CNC(=O)[C@@H]2C[C@@H](O)CN2C(=O)[C@@H](NC(=O)CCOCCOC=CC(=O)OC(C)(C)C)C(C)(C)C)cc1. The normalized spacial score (nSPS) is 17.4. The van der Waals surface area contributed by atoms with Crippen molar-refractivity contribution < 1.29 is 38.5 Å². The molecular formula is C34H48N4O8S. The van der Waals surface area contributed by atoms with Gasteiger partial charge in [0.15, 0.2) is 0 Å². The number of ether oxygens (including phenoxy) is 3. The fraction of sp³-hybridized carbons (Fsp3) is 0.559. The van der Waals surface area contributed by atoms with Gasteiger partial charge in [-0.3, -0.25) is 14.4 Å². The van der Waals surface area contributed by atoms with Crippen molar-refractivity contribution in [2.75, 3.05) is 26.4 Å². The van der Waals surface area contributed by atoms with Crippen molar-refractivity contribution in [3.8, 4) is 10.4 Å². The maximum Gasteiger partial charge on any atom is 0.334 e. The summed E-state index contributed by atoms with van der Waals surface area (Å²) in [7, 11) is 0. The van der Waals surface area contributed by atoms with E-state index in [1.807, 2.05) is 57.5 Å². The maximum atomic E-state index is 13.8. The highest BCUT2D eigenvalue weighted by Gasteiger charge is 2.44. The van der Waals surface area contributed by atoms with Crippen LogP contribution in [0.1, 0.15) is 65.6 Å². The lowest BCUT2D eigenvalue weighted by Gasteiger charge is -2.35. The Morgan fingerprint density at radius 2 is 1.79 bits per heavy atom. The molecule has 1 aromatic heterocycles. The van der Waals surface area contributed by atoms with E-state index in [0.29, 0.717) is 0 Å². The quantitative estimate of drug-likeness (QED) is 0.118.